The van der Waals surface area contributed by atoms with Gasteiger partial charge in [-0.25, -0.2) is 0 Å². The molecule has 4 nitrogen and oxygen atoms in total. The molecule has 1 fully saturated rings. The maximum Gasteiger partial charge on any atom is 0.223 e. The van der Waals surface area contributed by atoms with E-state index in [0.717, 1.165) is 32.5 Å². The number of carbonyl (C=O) groups is 1. The van der Waals surface area contributed by atoms with Crippen molar-refractivity contribution in [2.45, 2.75) is 59.0 Å². The van der Waals surface area contributed by atoms with E-state index in [1.165, 1.54) is 0 Å². The molecular formula is C17H35N3O. The molecule has 1 saturated heterocycles. The lowest BCUT2D eigenvalue weighted by Gasteiger charge is -2.45. The van der Waals surface area contributed by atoms with Gasteiger partial charge in [-0.2, -0.15) is 0 Å². The van der Waals surface area contributed by atoms with Crippen LogP contribution in [0.15, 0.2) is 0 Å². The molecule has 1 amide bonds. The third-order valence-electron chi connectivity index (χ3n) is 4.91. The van der Waals surface area contributed by atoms with Gasteiger partial charge in [0.2, 0.25) is 5.91 Å². The summed E-state index contributed by atoms with van der Waals surface area (Å²) in [6.07, 6.45) is 2.08. The van der Waals surface area contributed by atoms with Gasteiger partial charge in [-0.1, -0.05) is 20.8 Å². The van der Waals surface area contributed by atoms with E-state index in [9.17, 15) is 4.79 Å². The highest BCUT2D eigenvalue weighted by molar-refractivity contribution is 5.79. The standard InChI is InChI=1S/C17H35N3O/c1-13(2)15(5)16(21)18-17(12-19(6)7)8-10-20(11-9-17)14(3)4/h13-15H,8-12H2,1-7H3,(H,18,21). The Balaban J connectivity index is 2.75. The van der Waals surface area contributed by atoms with Crippen LogP contribution in [0.1, 0.15) is 47.5 Å². The molecule has 1 heterocycles. The second-order valence-electron chi connectivity index (χ2n) is 7.67. The van der Waals surface area contributed by atoms with Crippen molar-refractivity contribution in [3.05, 3.63) is 0 Å². The number of carbonyl (C=O) groups excluding carboxylic acids is 1. The lowest BCUT2D eigenvalue weighted by Crippen LogP contribution is -2.61. The molecule has 0 spiro atoms. The zero-order valence-corrected chi connectivity index (χ0v) is 15.1. The molecule has 0 aromatic rings. The van der Waals surface area contributed by atoms with E-state index in [-0.39, 0.29) is 17.4 Å². The molecule has 0 radical (unpaired) electrons. The van der Waals surface area contributed by atoms with Crippen molar-refractivity contribution < 1.29 is 4.79 Å². The van der Waals surface area contributed by atoms with Crippen LogP contribution in [-0.2, 0) is 4.79 Å². The van der Waals surface area contributed by atoms with Crippen LogP contribution in [0, 0.1) is 11.8 Å². The number of hydrogen-bond acceptors (Lipinski definition) is 3. The molecule has 0 aromatic carbocycles. The molecule has 0 bridgehead atoms. The van der Waals surface area contributed by atoms with E-state index in [0.29, 0.717) is 12.0 Å². The summed E-state index contributed by atoms with van der Waals surface area (Å²) in [4.78, 5) is 17.2. The molecule has 1 aliphatic heterocycles. The highest BCUT2D eigenvalue weighted by Gasteiger charge is 2.37. The van der Waals surface area contributed by atoms with Crippen LogP contribution in [0.2, 0.25) is 0 Å². The molecular weight excluding hydrogens is 262 g/mol. The van der Waals surface area contributed by atoms with Crippen LogP contribution in [0.4, 0.5) is 0 Å². The van der Waals surface area contributed by atoms with Gasteiger partial charge in [-0.15, -0.1) is 0 Å². The number of likely N-dealkylation sites (tertiary alicyclic amines) is 1. The van der Waals surface area contributed by atoms with Crippen molar-refractivity contribution in [3.8, 4) is 0 Å². The van der Waals surface area contributed by atoms with Crippen molar-refractivity contribution in [1.29, 1.82) is 0 Å². The fraction of sp³-hybridized carbons (Fsp3) is 0.941. The van der Waals surface area contributed by atoms with Crippen LogP contribution in [0.3, 0.4) is 0 Å². The first-order valence-electron chi connectivity index (χ1n) is 8.37. The molecule has 1 aliphatic rings. The van der Waals surface area contributed by atoms with Crippen molar-refractivity contribution in [2.24, 2.45) is 11.8 Å². The lowest BCUT2D eigenvalue weighted by atomic mass is 9.85. The summed E-state index contributed by atoms with van der Waals surface area (Å²) in [6.45, 7) is 13.8. The average Bonchev–Trinajstić information content (AvgIpc) is 2.37. The van der Waals surface area contributed by atoms with E-state index < -0.39 is 0 Å². The van der Waals surface area contributed by atoms with Crippen molar-refractivity contribution in [2.75, 3.05) is 33.7 Å². The van der Waals surface area contributed by atoms with Crippen LogP contribution in [-0.4, -0.2) is 61.0 Å². The van der Waals surface area contributed by atoms with Crippen LogP contribution in [0.5, 0.6) is 0 Å². The molecule has 4 heteroatoms. The fourth-order valence-electron chi connectivity index (χ4n) is 3.07. The van der Waals surface area contributed by atoms with E-state index in [1.807, 2.05) is 6.92 Å². The summed E-state index contributed by atoms with van der Waals surface area (Å²) < 4.78 is 0. The second kappa shape index (κ2) is 7.59. The van der Waals surface area contributed by atoms with E-state index in [2.05, 4.69) is 56.9 Å². The van der Waals surface area contributed by atoms with Gasteiger partial charge >= 0.3 is 0 Å². The summed E-state index contributed by atoms with van der Waals surface area (Å²) in [5.41, 5.74) is -0.0604. The molecule has 21 heavy (non-hydrogen) atoms. The molecule has 0 aliphatic carbocycles. The monoisotopic (exact) mass is 297 g/mol. The number of rotatable bonds is 6. The molecule has 0 aromatic heterocycles. The molecule has 1 rings (SSSR count). The Morgan fingerprint density at radius 1 is 1.14 bits per heavy atom. The lowest BCUT2D eigenvalue weighted by molar-refractivity contribution is -0.128. The number of amides is 1. The van der Waals surface area contributed by atoms with Gasteiger partial charge in [0, 0.05) is 31.6 Å². The van der Waals surface area contributed by atoms with E-state index >= 15 is 0 Å². The Labute approximate surface area is 131 Å². The first kappa shape index (κ1) is 18.4. The molecule has 1 unspecified atom stereocenters. The largest absolute Gasteiger partial charge is 0.349 e. The topological polar surface area (TPSA) is 35.6 Å². The number of nitrogens with one attached hydrogen (secondary N) is 1. The van der Waals surface area contributed by atoms with Gasteiger partial charge in [0.25, 0.3) is 0 Å². The predicted molar refractivity (Wildman–Crippen MR) is 89.4 cm³/mol. The van der Waals surface area contributed by atoms with Crippen molar-refractivity contribution >= 4 is 5.91 Å². The van der Waals surface area contributed by atoms with Crippen LogP contribution < -0.4 is 5.32 Å². The second-order valence-corrected chi connectivity index (χ2v) is 7.67. The van der Waals surface area contributed by atoms with Crippen molar-refractivity contribution in [3.63, 3.8) is 0 Å². The molecule has 0 saturated carbocycles. The van der Waals surface area contributed by atoms with Gasteiger partial charge in [0.1, 0.15) is 0 Å². The predicted octanol–water partition coefficient (Wildman–Crippen LogP) is 2.20. The SMILES string of the molecule is CC(C)C(C)C(=O)NC1(CN(C)C)CCN(C(C)C)CC1. The zero-order valence-electron chi connectivity index (χ0n) is 15.1. The zero-order chi connectivity index (χ0) is 16.2. The minimum Gasteiger partial charge on any atom is -0.349 e. The minimum atomic E-state index is -0.0604. The maximum atomic E-state index is 12.5. The molecule has 1 atom stereocenters. The Kier molecular flexibility index (Phi) is 6.67. The number of hydrogen-bond donors (Lipinski definition) is 1. The number of likely N-dealkylation sites (N-methyl/N-ethyl adjacent to an activating group) is 1. The average molecular weight is 297 g/mol. The quantitative estimate of drug-likeness (QED) is 0.816. The smallest absolute Gasteiger partial charge is 0.223 e. The molecule has 1 N–H and O–H groups in total. The Bertz CT molecular complexity index is 331. The summed E-state index contributed by atoms with van der Waals surface area (Å²) >= 11 is 0. The van der Waals surface area contributed by atoms with Gasteiger partial charge in [-0.05, 0) is 46.7 Å². The van der Waals surface area contributed by atoms with Crippen molar-refractivity contribution in [1.82, 2.24) is 15.1 Å². The fourth-order valence-corrected chi connectivity index (χ4v) is 3.07. The van der Waals surface area contributed by atoms with Crippen LogP contribution in [0.25, 0.3) is 0 Å². The Morgan fingerprint density at radius 3 is 2.05 bits per heavy atom. The third-order valence-corrected chi connectivity index (χ3v) is 4.91. The van der Waals surface area contributed by atoms with Gasteiger partial charge in [0.05, 0.1) is 5.54 Å². The van der Waals surface area contributed by atoms with Gasteiger partial charge in [-0.3, -0.25) is 4.79 Å². The maximum absolute atomic E-state index is 12.5. The number of nitrogens with zero attached hydrogens (tertiary/aromatic N) is 2. The van der Waals surface area contributed by atoms with Gasteiger partial charge < -0.3 is 15.1 Å². The van der Waals surface area contributed by atoms with Gasteiger partial charge in [0.15, 0.2) is 0 Å². The Hall–Kier alpha value is -0.610. The third kappa shape index (κ3) is 5.26. The molecule has 124 valence electrons. The Morgan fingerprint density at radius 2 is 1.67 bits per heavy atom. The van der Waals surface area contributed by atoms with E-state index in [1.54, 1.807) is 0 Å². The summed E-state index contributed by atoms with van der Waals surface area (Å²) in [7, 11) is 4.18. The van der Waals surface area contributed by atoms with Crippen LogP contribution >= 0.6 is 0 Å². The highest BCUT2D eigenvalue weighted by Crippen LogP contribution is 2.25. The highest BCUT2D eigenvalue weighted by atomic mass is 16.2. The first-order valence-corrected chi connectivity index (χ1v) is 8.37. The minimum absolute atomic E-state index is 0.0604. The normalized spacial score (nSPS) is 21.0. The number of piperidine rings is 1. The summed E-state index contributed by atoms with van der Waals surface area (Å²) in [5, 5.41) is 3.40. The first-order chi connectivity index (χ1) is 9.67. The summed E-state index contributed by atoms with van der Waals surface area (Å²) in [6, 6.07) is 0.590. The van der Waals surface area contributed by atoms with E-state index in [4.69, 9.17) is 0 Å². The summed E-state index contributed by atoms with van der Waals surface area (Å²) in [5.74, 6) is 0.675.